The molecule has 1 atom stereocenters. The van der Waals surface area contributed by atoms with Crippen LogP contribution in [0.25, 0.3) is 0 Å². The fourth-order valence-corrected chi connectivity index (χ4v) is 2.78. The minimum atomic E-state index is -0.348. The van der Waals surface area contributed by atoms with Gasteiger partial charge in [0.25, 0.3) is 5.69 Å². The molecule has 1 heterocycles. The zero-order valence-corrected chi connectivity index (χ0v) is 11.5. The Morgan fingerprint density at radius 3 is 2.82 bits per heavy atom. The largest absolute Gasteiger partial charge is 0.381 e. The SMILES string of the molecule is CC(C)C1CCc2cc([N+](=O)[O-])cc(Br)c2N1. The van der Waals surface area contributed by atoms with Gasteiger partial charge in [0.1, 0.15) is 0 Å². The van der Waals surface area contributed by atoms with E-state index in [1.165, 1.54) is 0 Å². The van der Waals surface area contributed by atoms with Gasteiger partial charge in [-0.25, -0.2) is 0 Å². The summed E-state index contributed by atoms with van der Waals surface area (Å²) in [5.41, 5.74) is 2.20. The van der Waals surface area contributed by atoms with E-state index in [4.69, 9.17) is 0 Å². The molecule has 1 aliphatic rings. The van der Waals surface area contributed by atoms with Crippen LogP contribution in [0.1, 0.15) is 25.8 Å². The van der Waals surface area contributed by atoms with E-state index in [-0.39, 0.29) is 10.6 Å². The van der Waals surface area contributed by atoms with Crippen molar-refractivity contribution in [2.24, 2.45) is 5.92 Å². The quantitative estimate of drug-likeness (QED) is 0.668. The lowest BCUT2D eigenvalue weighted by molar-refractivity contribution is -0.385. The molecule has 0 saturated carbocycles. The molecule has 92 valence electrons. The summed E-state index contributed by atoms with van der Waals surface area (Å²) in [5.74, 6) is 0.560. The number of aryl methyl sites for hydroxylation is 1. The highest BCUT2D eigenvalue weighted by Gasteiger charge is 2.24. The van der Waals surface area contributed by atoms with E-state index in [9.17, 15) is 10.1 Å². The molecule has 17 heavy (non-hydrogen) atoms. The highest BCUT2D eigenvalue weighted by molar-refractivity contribution is 9.10. The van der Waals surface area contributed by atoms with Crippen LogP contribution >= 0.6 is 15.9 Å². The minimum Gasteiger partial charge on any atom is -0.381 e. The topological polar surface area (TPSA) is 55.2 Å². The Morgan fingerprint density at radius 2 is 2.24 bits per heavy atom. The van der Waals surface area contributed by atoms with Crippen LogP contribution in [-0.2, 0) is 6.42 Å². The van der Waals surface area contributed by atoms with Gasteiger partial charge in [0.05, 0.1) is 10.6 Å². The van der Waals surface area contributed by atoms with Crippen LogP contribution in [0.2, 0.25) is 0 Å². The summed E-state index contributed by atoms with van der Waals surface area (Å²) in [5, 5.41) is 14.2. The lowest BCUT2D eigenvalue weighted by Gasteiger charge is -2.30. The molecule has 0 aromatic heterocycles. The van der Waals surface area contributed by atoms with Crippen molar-refractivity contribution in [3.63, 3.8) is 0 Å². The maximum Gasteiger partial charge on any atom is 0.270 e. The fraction of sp³-hybridized carbons (Fsp3) is 0.500. The summed E-state index contributed by atoms with van der Waals surface area (Å²) in [4.78, 5) is 10.4. The van der Waals surface area contributed by atoms with E-state index < -0.39 is 0 Å². The van der Waals surface area contributed by atoms with E-state index >= 15 is 0 Å². The van der Waals surface area contributed by atoms with E-state index in [0.29, 0.717) is 12.0 Å². The first-order chi connectivity index (χ1) is 7.99. The van der Waals surface area contributed by atoms with Crippen LogP contribution < -0.4 is 5.32 Å². The van der Waals surface area contributed by atoms with E-state index in [0.717, 1.165) is 28.6 Å². The maximum absolute atomic E-state index is 10.8. The smallest absolute Gasteiger partial charge is 0.270 e. The molecule has 4 nitrogen and oxygen atoms in total. The van der Waals surface area contributed by atoms with Crippen LogP contribution in [0.4, 0.5) is 11.4 Å². The summed E-state index contributed by atoms with van der Waals surface area (Å²) in [6, 6.07) is 3.68. The highest BCUT2D eigenvalue weighted by Crippen LogP contribution is 2.36. The first-order valence-corrected chi connectivity index (χ1v) is 6.51. The number of hydrogen-bond donors (Lipinski definition) is 1. The number of nitro groups is 1. The minimum absolute atomic E-state index is 0.153. The van der Waals surface area contributed by atoms with Crippen LogP contribution in [0, 0.1) is 16.0 Å². The molecule has 0 spiro atoms. The average molecular weight is 299 g/mol. The third-order valence-electron chi connectivity index (χ3n) is 3.23. The van der Waals surface area contributed by atoms with Crippen LogP contribution in [0.15, 0.2) is 16.6 Å². The number of halogens is 1. The summed E-state index contributed by atoms with van der Waals surface area (Å²) in [6.07, 6.45) is 1.92. The number of nitrogens with zero attached hydrogens (tertiary/aromatic N) is 1. The number of rotatable bonds is 2. The first-order valence-electron chi connectivity index (χ1n) is 5.72. The van der Waals surface area contributed by atoms with Crippen molar-refractivity contribution in [2.45, 2.75) is 32.7 Å². The van der Waals surface area contributed by atoms with E-state index in [1.807, 2.05) is 0 Å². The molecule has 0 aliphatic carbocycles. The Balaban J connectivity index is 2.37. The third kappa shape index (κ3) is 2.44. The van der Waals surface area contributed by atoms with Crippen LogP contribution in [0.5, 0.6) is 0 Å². The van der Waals surface area contributed by atoms with E-state index in [2.05, 4.69) is 35.1 Å². The second-order valence-electron chi connectivity index (χ2n) is 4.75. The lowest BCUT2D eigenvalue weighted by Crippen LogP contribution is -2.30. The second kappa shape index (κ2) is 4.64. The Labute approximate surface area is 109 Å². The van der Waals surface area contributed by atoms with E-state index in [1.54, 1.807) is 12.1 Å². The first kappa shape index (κ1) is 12.4. The fourth-order valence-electron chi connectivity index (χ4n) is 2.18. The van der Waals surface area contributed by atoms with Gasteiger partial charge in [0.15, 0.2) is 0 Å². The lowest BCUT2D eigenvalue weighted by atomic mass is 9.91. The molecular weight excluding hydrogens is 284 g/mol. The standard InChI is InChI=1S/C12H15BrN2O2/c1-7(2)11-4-3-8-5-9(15(16)17)6-10(13)12(8)14-11/h5-7,11,14H,3-4H2,1-2H3. The summed E-state index contributed by atoms with van der Waals surface area (Å²) in [6.45, 7) is 4.36. The molecule has 2 rings (SSSR count). The van der Waals surface area contributed by atoms with Crippen LogP contribution in [-0.4, -0.2) is 11.0 Å². The van der Waals surface area contributed by atoms with Gasteiger partial charge in [-0.05, 0) is 40.3 Å². The summed E-state index contributed by atoms with van der Waals surface area (Å²) < 4.78 is 0.784. The zero-order valence-electron chi connectivity index (χ0n) is 9.87. The van der Waals surface area contributed by atoms with Gasteiger partial charge in [-0.15, -0.1) is 0 Å². The predicted molar refractivity (Wildman–Crippen MR) is 71.4 cm³/mol. The van der Waals surface area contributed by atoms with Crippen molar-refractivity contribution < 1.29 is 4.92 Å². The number of non-ortho nitro benzene ring substituents is 1. The summed E-state index contributed by atoms with van der Waals surface area (Å²) >= 11 is 3.41. The van der Waals surface area contributed by atoms with Crippen molar-refractivity contribution in [1.82, 2.24) is 0 Å². The number of fused-ring (bicyclic) bond motifs is 1. The molecule has 0 amide bonds. The maximum atomic E-state index is 10.8. The van der Waals surface area contributed by atoms with Crippen molar-refractivity contribution in [1.29, 1.82) is 0 Å². The Bertz CT molecular complexity index is 460. The van der Waals surface area contributed by atoms with Crippen molar-refractivity contribution in [3.8, 4) is 0 Å². The van der Waals surface area contributed by atoms with Gasteiger partial charge in [-0.3, -0.25) is 10.1 Å². The van der Waals surface area contributed by atoms with Gasteiger partial charge in [-0.1, -0.05) is 13.8 Å². The van der Waals surface area contributed by atoms with Gasteiger partial charge < -0.3 is 5.32 Å². The van der Waals surface area contributed by atoms with Gasteiger partial charge in [-0.2, -0.15) is 0 Å². The number of hydrogen-bond acceptors (Lipinski definition) is 3. The Kier molecular flexibility index (Phi) is 3.38. The zero-order chi connectivity index (χ0) is 12.6. The van der Waals surface area contributed by atoms with Crippen molar-refractivity contribution in [3.05, 3.63) is 32.3 Å². The Morgan fingerprint density at radius 1 is 1.53 bits per heavy atom. The molecule has 1 aromatic carbocycles. The molecule has 5 heteroatoms. The number of anilines is 1. The van der Waals surface area contributed by atoms with Crippen molar-refractivity contribution in [2.75, 3.05) is 5.32 Å². The molecule has 0 bridgehead atoms. The Hall–Kier alpha value is -1.10. The molecule has 1 aliphatic heterocycles. The highest BCUT2D eigenvalue weighted by atomic mass is 79.9. The predicted octanol–water partition coefficient (Wildman–Crippen LogP) is 3.74. The molecular formula is C12H15BrN2O2. The number of nitro benzene ring substituents is 1. The summed E-state index contributed by atoms with van der Waals surface area (Å²) in [7, 11) is 0. The number of benzene rings is 1. The third-order valence-corrected chi connectivity index (χ3v) is 3.85. The molecule has 1 aromatic rings. The number of nitrogens with one attached hydrogen (secondary N) is 1. The van der Waals surface area contributed by atoms with Gasteiger partial charge in [0, 0.05) is 22.6 Å². The molecule has 0 saturated heterocycles. The van der Waals surface area contributed by atoms with Crippen molar-refractivity contribution >= 4 is 27.3 Å². The molecule has 1 unspecified atom stereocenters. The second-order valence-corrected chi connectivity index (χ2v) is 5.61. The van der Waals surface area contributed by atoms with Gasteiger partial charge >= 0.3 is 0 Å². The molecule has 1 N–H and O–H groups in total. The molecule has 0 fully saturated rings. The van der Waals surface area contributed by atoms with Gasteiger partial charge in [0.2, 0.25) is 0 Å². The van der Waals surface area contributed by atoms with Crippen LogP contribution in [0.3, 0.4) is 0 Å². The average Bonchev–Trinajstić information content (AvgIpc) is 2.28. The normalized spacial score (nSPS) is 18.7. The monoisotopic (exact) mass is 298 g/mol. The molecule has 0 radical (unpaired) electrons.